The molecule has 9 heteroatoms. The third-order valence-electron chi connectivity index (χ3n) is 4.25. The fourth-order valence-corrected chi connectivity index (χ4v) is 4.28. The van der Waals surface area contributed by atoms with Crippen molar-refractivity contribution in [2.75, 3.05) is 11.4 Å². The number of hydrogen-bond donors (Lipinski definition) is 1. The molecule has 0 fully saturated rings. The first-order valence-corrected chi connectivity index (χ1v) is 10.9. The number of hydrazone groups is 1. The van der Waals surface area contributed by atoms with Gasteiger partial charge in [0.25, 0.3) is 15.9 Å². The number of nitrogens with one attached hydrogen (secondary N) is 1. The molecule has 0 saturated carbocycles. The van der Waals surface area contributed by atoms with Gasteiger partial charge in [-0.2, -0.15) is 5.10 Å². The maximum atomic E-state index is 12.7. The van der Waals surface area contributed by atoms with Crippen LogP contribution in [0.25, 0.3) is 0 Å². The molecule has 3 aromatic carbocycles. The molecule has 6 nitrogen and oxygen atoms in total. The minimum Gasteiger partial charge on any atom is -0.269 e. The van der Waals surface area contributed by atoms with Crippen LogP contribution in [0.15, 0.2) is 82.8 Å². The van der Waals surface area contributed by atoms with Gasteiger partial charge in [0, 0.05) is 18.2 Å². The van der Waals surface area contributed by atoms with Crippen LogP contribution in [0.5, 0.6) is 0 Å². The lowest BCUT2D eigenvalue weighted by Crippen LogP contribution is -2.26. The van der Waals surface area contributed by atoms with Crippen molar-refractivity contribution in [3.8, 4) is 0 Å². The molecule has 1 amide bonds. The highest BCUT2D eigenvalue weighted by molar-refractivity contribution is 7.92. The van der Waals surface area contributed by atoms with Gasteiger partial charge in [0.1, 0.15) is 0 Å². The van der Waals surface area contributed by atoms with Crippen molar-refractivity contribution in [3.05, 3.63) is 94.0 Å². The Hall–Kier alpha value is -2.87. The number of hydrogen-bond acceptors (Lipinski definition) is 4. The highest BCUT2D eigenvalue weighted by atomic mass is 35.5. The molecule has 0 aliphatic heterocycles. The zero-order valence-electron chi connectivity index (χ0n) is 15.8. The second-order valence-electron chi connectivity index (χ2n) is 6.17. The van der Waals surface area contributed by atoms with Crippen LogP contribution >= 0.6 is 23.2 Å². The van der Waals surface area contributed by atoms with E-state index in [2.05, 4.69) is 10.5 Å². The predicted molar refractivity (Wildman–Crippen MR) is 120 cm³/mol. The number of rotatable bonds is 6. The predicted octanol–water partition coefficient (Wildman–Crippen LogP) is 4.58. The van der Waals surface area contributed by atoms with Crippen molar-refractivity contribution in [1.82, 2.24) is 5.43 Å². The smallest absolute Gasteiger partial charge is 0.269 e. The van der Waals surface area contributed by atoms with Crippen LogP contribution in [0.3, 0.4) is 0 Å². The van der Waals surface area contributed by atoms with Crippen LogP contribution in [0.2, 0.25) is 10.0 Å². The first kappa shape index (κ1) is 21.8. The summed E-state index contributed by atoms with van der Waals surface area (Å²) in [4.78, 5) is 12.5. The first-order chi connectivity index (χ1) is 14.3. The highest BCUT2D eigenvalue weighted by Gasteiger charge is 2.21. The Morgan fingerprint density at radius 3 is 2.13 bits per heavy atom. The van der Waals surface area contributed by atoms with Crippen molar-refractivity contribution in [3.63, 3.8) is 0 Å². The molecule has 154 valence electrons. The standard InChI is InChI=1S/C21H17Cl2N3O3S/c1-26(30(28,29)17-6-3-2-4-7-17)16-12-10-15(11-13-16)21(27)25-24-14-18-19(22)8-5-9-20(18)23/h2-14H,1H3,(H,25,27). The Labute approximate surface area is 184 Å². The Morgan fingerprint density at radius 1 is 0.933 bits per heavy atom. The molecule has 0 spiro atoms. The van der Waals surface area contributed by atoms with Gasteiger partial charge in [-0.15, -0.1) is 0 Å². The maximum absolute atomic E-state index is 12.7. The molecule has 0 bridgehead atoms. The number of amides is 1. The molecule has 3 rings (SSSR count). The van der Waals surface area contributed by atoms with Gasteiger partial charge in [0.2, 0.25) is 0 Å². The largest absolute Gasteiger partial charge is 0.271 e. The van der Waals surface area contributed by atoms with Gasteiger partial charge in [-0.1, -0.05) is 47.5 Å². The van der Waals surface area contributed by atoms with Crippen molar-refractivity contribution in [2.45, 2.75) is 4.90 Å². The van der Waals surface area contributed by atoms with E-state index in [4.69, 9.17) is 23.2 Å². The lowest BCUT2D eigenvalue weighted by Gasteiger charge is -2.19. The lowest BCUT2D eigenvalue weighted by molar-refractivity contribution is 0.0955. The van der Waals surface area contributed by atoms with Crippen molar-refractivity contribution in [1.29, 1.82) is 0 Å². The average molecular weight is 462 g/mol. The molecule has 0 atom stereocenters. The van der Waals surface area contributed by atoms with Gasteiger partial charge in [-0.25, -0.2) is 13.8 Å². The Balaban J connectivity index is 1.71. The van der Waals surface area contributed by atoms with Crippen LogP contribution in [-0.2, 0) is 10.0 Å². The van der Waals surface area contributed by atoms with Crippen LogP contribution in [0.4, 0.5) is 5.69 Å². The summed E-state index contributed by atoms with van der Waals surface area (Å²) >= 11 is 12.1. The molecule has 0 aromatic heterocycles. The van der Waals surface area contributed by atoms with Gasteiger partial charge in [-0.05, 0) is 48.5 Å². The van der Waals surface area contributed by atoms with E-state index in [1.54, 1.807) is 48.5 Å². The monoisotopic (exact) mass is 461 g/mol. The number of sulfonamides is 1. The van der Waals surface area contributed by atoms with E-state index in [-0.39, 0.29) is 4.90 Å². The van der Waals surface area contributed by atoms with Crippen LogP contribution in [0.1, 0.15) is 15.9 Å². The summed E-state index contributed by atoms with van der Waals surface area (Å²) in [5, 5.41) is 4.70. The summed E-state index contributed by atoms with van der Waals surface area (Å²) in [6.45, 7) is 0. The van der Waals surface area contributed by atoms with E-state index in [0.717, 1.165) is 4.31 Å². The van der Waals surface area contributed by atoms with Gasteiger partial charge >= 0.3 is 0 Å². The van der Waals surface area contributed by atoms with E-state index >= 15 is 0 Å². The van der Waals surface area contributed by atoms with Crippen LogP contribution in [0, 0.1) is 0 Å². The molecule has 0 radical (unpaired) electrons. The summed E-state index contributed by atoms with van der Waals surface area (Å²) in [6, 6.07) is 19.3. The molecular weight excluding hydrogens is 445 g/mol. The zero-order valence-corrected chi connectivity index (χ0v) is 18.1. The topological polar surface area (TPSA) is 78.8 Å². The lowest BCUT2D eigenvalue weighted by atomic mass is 10.2. The SMILES string of the molecule is CN(c1ccc(C(=O)NN=Cc2c(Cl)cccc2Cl)cc1)S(=O)(=O)c1ccccc1. The molecule has 0 aliphatic rings. The maximum Gasteiger partial charge on any atom is 0.271 e. The number of benzene rings is 3. The number of carbonyl (C=O) groups excluding carboxylic acids is 1. The Morgan fingerprint density at radius 2 is 1.53 bits per heavy atom. The summed E-state index contributed by atoms with van der Waals surface area (Å²) < 4.78 is 26.5. The summed E-state index contributed by atoms with van der Waals surface area (Å²) in [5.41, 5.74) is 3.61. The Bertz CT molecular complexity index is 1160. The molecule has 3 aromatic rings. The summed E-state index contributed by atoms with van der Waals surface area (Å²) in [5.74, 6) is -0.463. The summed E-state index contributed by atoms with van der Waals surface area (Å²) in [6.07, 6.45) is 1.36. The normalized spacial score (nSPS) is 11.4. The molecule has 0 saturated heterocycles. The van der Waals surface area contributed by atoms with Gasteiger partial charge < -0.3 is 0 Å². The van der Waals surface area contributed by atoms with E-state index in [9.17, 15) is 13.2 Å². The third-order valence-corrected chi connectivity index (χ3v) is 6.71. The van der Waals surface area contributed by atoms with Crippen molar-refractivity contribution >= 4 is 51.0 Å². The second kappa shape index (κ2) is 9.30. The van der Waals surface area contributed by atoms with E-state index in [0.29, 0.717) is 26.9 Å². The number of nitrogens with zero attached hydrogens (tertiary/aromatic N) is 2. The second-order valence-corrected chi connectivity index (χ2v) is 8.95. The van der Waals surface area contributed by atoms with Crippen LogP contribution in [-0.4, -0.2) is 27.6 Å². The van der Waals surface area contributed by atoms with Gasteiger partial charge in [0.05, 0.1) is 26.8 Å². The molecule has 1 N–H and O–H groups in total. The van der Waals surface area contributed by atoms with E-state index in [1.807, 2.05) is 0 Å². The van der Waals surface area contributed by atoms with Crippen molar-refractivity contribution in [2.24, 2.45) is 5.10 Å². The molecule has 0 unspecified atom stereocenters. The molecule has 0 aliphatic carbocycles. The quantitative estimate of drug-likeness (QED) is 0.430. The van der Waals surface area contributed by atoms with Crippen LogP contribution < -0.4 is 9.73 Å². The third kappa shape index (κ3) is 4.81. The molecule has 0 heterocycles. The average Bonchev–Trinajstić information content (AvgIpc) is 2.76. The fraction of sp³-hybridized carbons (Fsp3) is 0.0476. The van der Waals surface area contributed by atoms with Gasteiger partial charge in [0.15, 0.2) is 0 Å². The van der Waals surface area contributed by atoms with Gasteiger partial charge in [-0.3, -0.25) is 9.10 Å². The summed E-state index contributed by atoms with van der Waals surface area (Å²) in [7, 11) is -2.24. The fourth-order valence-electron chi connectivity index (χ4n) is 2.57. The number of halogens is 2. The Kier molecular flexibility index (Phi) is 6.77. The zero-order chi connectivity index (χ0) is 21.7. The minimum absolute atomic E-state index is 0.182. The van der Waals surface area contributed by atoms with Crippen molar-refractivity contribution < 1.29 is 13.2 Å². The molecule has 30 heavy (non-hydrogen) atoms. The number of carbonyl (C=O) groups is 1. The minimum atomic E-state index is -3.69. The van der Waals surface area contributed by atoms with E-state index < -0.39 is 15.9 Å². The van der Waals surface area contributed by atoms with E-state index in [1.165, 1.54) is 37.5 Å². The molecular formula is C21H17Cl2N3O3S. The first-order valence-electron chi connectivity index (χ1n) is 8.72. The highest BCUT2D eigenvalue weighted by Crippen LogP contribution is 2.23. The number of anilines is 1.